The smallest absolute Gasteiger partial charge is 0.0804 e. The van der Waals surface area contributed by atoms with Gasteiger partial charge in [-0.25, -0.2) is 4.21 Å². The molecular weight excluding hydrogens is 192 g/mol. The topological polar surface area (TPSA) is 17.1 Å². The van der Waals surface area contributed by atoms with Crippen LogP contribution in [0.5, 0.6) is 0 Å². The van der Waals surface area contributed by atoms with Crippen molar-refractivity contribution in [1.29, 1.82) is 0 Å². The molecule has 0 amide bonds. The Labute approximate surface area is 88.3 Å². The second-order valence-corrected chi connectivity index (χ2v) is 4.72. The Hall–Kier alpha value is -0.890. The van der Waals surface area contributed by atoms with Gasteiger partial charge in [-0.3, -0.25) is 0 Å². The molecule has 0 saturated heterocycles. The van der Waals surface area contributed by atoms with Gasteiger partial charge in [0.1, 0.15) is 0 Å². The van der Waals surface area contributed by atoms with Crippen LogP contribution in [0.25, 0.3) is 0 Å². The van der Waals surface area contributed by atoms with E-state index in [-0.39, 0.29) is 0 Å². The van der Waals surface area contributed by atoms with Crippen LogP contribution < -0.4 is 0 Å². The molecule has 1 aromatic carbocycles. The van der Waals surface area contributed by atoms with Crippen LogP contribution in [0.2, 0.25) is 0 Å². The fourth-order valence-corrected chi connectivity index (χ4v) is 2.42. The van der Waals surface area contributed by atoms with Crippen LogP contribution >= 0.6 is 0 Å². The summed E-state index contributed by atoms with van der Waals surface area (Å²) in [5.41, 5.74) is 1.20. The van der Waals surface area contributed by atoms with Crippen molar-refractivity contribution >= 4 is 10.8 Å². The SMILES string of the molecule is C/C=C(\CC)S(=O)c1ccc(C)cc1. The highest BCUT2D eigenvalue weighted by molar-refractivity contribution is 7.89. The Morgan fingerprint density at radius 2 is 1.93 bits per heavy atom. The van der Waals surface area contributed by atoms with Crippen molar-refractivity contribution in [2.75, 3.05) is 0 Å². The Morgan fingerprint density at radius 3 is 2.36 bits per heavy atom. The van der Waals surface area contributed by atoms with Gasteiger partial charge in [0, 0.05) is 9.80 Å². The lowest BCUT2D eigenvalue weighted by atomic mass is 10.2. The molecule has 0 aliphatic carbocycles. The average molecular weight is 208 g/mol. The molecule has 0 aliphatic rings. The van der Waals surface area contributed by atoms with E-state index in [9.17, 15) is 4.21 Å². The Bertz CT molecular complexity index is 349. The molecule has 0 N–H and O–H groups in total. The van der Waals surface area contributed by atoms with Gasteiger partial charge in [0.2, 0.25) is 0 Å². The Balaban J connectivity index is 2.95. The molecule has 1 unspecified atom stereocenters. The monoisotopic (exact) mass is 208 g/mol. The van der Waals surface area contributed by atoms with Gasteiger partial charge in [0.15, 0.2) is 0 Å². The van der Waals surface area contributed by atoms with Gasteiger partial charge >= 0.3 is 0 Å². The first-order valence-electron chi connectivity index (χ1n) is 4.82. The van der Waals surface area contributed by atoms with E-state index < -0.39 is 10.8 Å². The summed E-state index contributed by atoms with van der Waals surface area (Å²) in [7, 11) is -0.968. The van der Waals surface area contributed by atoms with Crippen LogP contribution in [-0.2, 0) is 10.8 Å². The van der Waals surface area contributed by atoms with Crippen LogP contribution in [0, 0.1) is 6.92 Å². The van der Waals surface area contributed by atoms with E-state index in [1.165, 1.54) is 5.56 Å². The van der Waals surface area contributed by atoms with E-state index in [4.69, 9.17) is 0 Å². The minimum Gasteiger partial charge on any atom is -0.249 e. The summed E-state index contributed by atoms with van der Waals surface area (Å²) in [6.07, 6.45) is 2.78. The summed E-state index contributed by atoms with van der Waals surface area (Å²) in [5.74, 6) is 0. The summed E-state index contributed by atoms with van der Waals surface area (Å²) < 4.78 is 12.0. The molecule has 1 atom stereocenters. The number of hydrogen-bond donors (Lipinski definition) is 0. The summed E-state index contributed by atoms with van der Waals surface area (Å²) in [5, 5.41) is 0. The molecular formula is C12H16OS. The van der Waals surface area contributed by atoms with Gasteiger partial charge in [-0.1, -0.05) is 30.7 Å². The summed E-state index contributed by atoms with van der Waals surface area (Å²) >= 11 is 0. The van der Waals surface area contributed by atoms with Crippen LogP contribution in [0.1, 0.15) is 25.8 Å². The first-order valence-corrected chi connectivity index (χ1v) is 5.97. The molecule has 0 aliphatic heterocycles. The van der Waals surface area contributed by atoms with Crippen molar-refractivity contribution in [2.45, 2.75) is 32.1 Å². The van der Waals surface area contributed by atoms with E-state index in [1.807, 2.05) is 51.1 Å². The number of hydrogen-bond acceptors (Lipinski definition) is 1. The van der Waals surface area contributed by atoms with Crippen LogP contribution in [-0.4, -0.2) is 4.21 Å². The van der Waals surface area contributed by atoms with Gasteiger partial charge in [-0.2, -0.15) is 0 Å². The molecule has 2 heteroatoms. The highest BCUT2D eigenvalue weighted by Crippen LogP contribution is 2.17. The average Bonchev–Trinajstić information content (AvgIpc) is 2.20. The number of aryl methyl sites for hydroxylation is 1. The van der Waals surface area contributed by atoms with Crippen molar-refractivity contribution < 1.29 is 4.21 Å². The molecule has 1 aromatic rings. The van der Waals surface area contributed by atoms with Gasteiger partial charge in [0.05, 0.1) is 10.8 Å². The van der Waals surface area contributed by atoms with E-state index >= 15 is 0 Å². The lowest BCUT2D eigenvalue weighted by molar-refractivity contribution is 0.685. The van der Waals surface area contributed by atoms with Gasteiger partial charge in [0.25, 0.3) is 0 Å². The first kappa shape index (κ1) is 11.2. The fraction of sp³-hybridized carbons (Fsp3) is 0.333. The van der Waals surface area contributed by atoms with Gasteiger partial charge in [-0.05, 0) is 32.4 Å². The van der Waals surface area contributed by atoms with Crippen molar-refractivity contribution in [3.05, 3.63) is 40.8 Å². The quantitative estimate of drug-likeness (QED) is 0.744. The minimum absolute atomic E-state index is 0.844. The molecule has 1 rings (SSSR count). The third kappa shape index (κ3) is 2.55. The third-order valence-electron chi connectivity index (χ3n) is 2.14. The summed E-state index contributed by atoms with van der Waals surface area (Å²) in [6, 6.07) is 7.86. The normalized spacial score (nSPS) is 14.1. The molecule has 0 fully saturated rings. The Kier molecular flexibility index (Phi) is 4.08. The van der Waals surface area contributed by atoms with Gasteiger partial charge < -0.3 is 0 Å². The van der Waals surface area contributed by atoms with E-state index in [0.717, 1.165) is 16.2 Å². The van der Waals surface area contributed by atoms with Crippen molar-refractivity contribution in [3.63, 3.8) is 0 Å². The molecule has 0 radical (unpaired) electrons. The second kappa shape index (κ2) is 5.11. The molecule has 76 valence electrons. The van der Waals surface area contributed by atoms with Crippen molar-refractivity contribution in [1.82, 2.24) is 0 Å². The maximum Gasteiger partial charge on any atom is 0.0804 e. The van der Waals surface area contributed by atoms with Crippen LogP contribution in [0.3, 0.4) is 0 Å². The maximum atomic E-state index is 12.0. The molecule has 1 nitrogen and oxygen atoms in total. The summed E-state index contributed by atoms with van der Waals surface area (Å²) in [4.78, 5) is 1.89. The zero-order chi connectivity index (χ0) is 10.6. The molecule has 14 heavy (non-hydrogen) atoms. The van der Waals surface area contributed by atoms with E-state index in [0.29, 0.717) is 0 Å². The van der Waals surface area contributed by atoms with Crippen molar-refractivity contribution in [3.8, 4) is 0 Å². The lowest BCUT2D eigenvalue weighted by Gasteiger charge is -2.04. The third-order valence-corrected chi connectivity index (χ3v) is 3.84. The predicted octanol–water partition coefficient (Wildman–Crippen LogP) is 3.42. The number of rotatable bonds is 3. The van der Waals surface area contributed by atoms with Crippen LogP contribution in [0.15, 0.2) is 40.1 Å². The predicted molar refractivity (Wildman–Crippen MR) is 61.6 cm³/mol. The molecule has 0 saturated carbocycles. The largest absolute Gasteiger partial charge is 0.249 e. The van der Waals surface area contributed by atoms with E-state index in [2.05, 4.69) is 0 Å². The highest BCUT2D eigenvalue weighted by Gasteiger charge is 2.06. The zero-order valence-corrected chi connectivity index (χ0v) is 9.73. The molecule has 0 heterocycles. The minimum atomic E-state index is -0.968. The zero-order valence-electron chi connectivity index (χ0n) is 8.91. The Morgan fingerprint density at radius 1 is 1.36 bits per heavy atom. The fourth-order valence-electron chi connectivity index (χ4n) is 1.26. The maximum absolute atomic E-state index is 12.0. The van der Waals surface area contributed by atoms with E-state index in [1.54, 1.807) is 0 Å². The van der Waals surface area contributed by atoms with Crippen LogP contribution in [0.4, 0.5) is 0 Å². The highest BCUT2D eigenvalue weighted by atomic mass is 32.2. The molecule has 0 spiro atoms. The number of allylic oxidation sites excluding steroid dienone is 2. The standard InChI is InChI=1S/C12H16OS/c1-4-11(5-2)14(13)12-8-6-10(3)7-9-12/h4,6-9H,5H2,1-3H3/b11-4+. The number of benzene rings is 1. The molecule has 0 aromatic heterocycles. The van der Waals surface area contributed by atoms with Gasteiger partial charge in [-0.15, -0.1) is 0 Å². The van der Waals surface area contributed by atoms with Crippen molar-refractivity contribution in [2.24, 2.45) is 0 Å². The second-order valence-electron chi connectivity index (χ2n) is 3.19. The lowest BCUT2D eigenvalue weighted by Crippen LogP contribution is -1.94. The first-order chi connectivity index (χ1) is 6.69. The molecule has 0 bridgehead atoms. The summed E-state index contributed by atoms with van der Waals surface area (Å²) in [6.45, 7) is 6.00.